The second kappa shape index (κ2) is 6.67. The Labute approximate surface area is 142 Å². The molecule has 1 aromatic carbocycles. The number of nitrogens with zero attached hydrogens (tertiary/aromatic N) is 1. The van der Waals surface area contributed by atoms with Gasteiger partial charge in [-0.1, -0.05) is 6.07 Å². The van der Waals surface area contributed by atoms with Crippen LogP contribution < -0.4 is 5.32 Å². The molecule has 0 spiro atoms. The van der Waals surface area contributed by atoms with Crippen LogP contribution in [0.4, 0.5) is 5.69 Å². The number of hydrogen-bond acceptors (Lipinski definition) is 6. The van der Waals surface area contributed by atoms with Crippen LogP contribution >= 0.6 is 11.3 Å². The molecule has 0 aliphatic rings. The van der Waals surface area contributed by atoms with Gasteiger partial charge in [0.05, 0.1) is 18.9 Å². The van der Waals surface area contributed by atoms with Gasteiger partial charge in [0.25, 0.3) is 5.91 Å². The van der Waals surface area contributed by atoms with Crippen molar-refractivity contribution in [3.8, 4) is 10.8 Å². The maximum atomic E-state index is 12.4. The highest BCUT2D eigenvalue weighted by atomic mass is 32.1. The van der Waals surface area contributed by atoms with Crippen LogP contribution in [0.3, 0.4) is 0 Å². The van der Waals surface area contributed by atoms with Gasteiger partial charge in [-0.25, -0.2) is 9.78 Å². The van der Waals surface area contributed by atoms with E-state index in [-0.39, 0.29) is 11.6 Å². The third kappa shape index (κ3) is 3.07. The summed E-state index contributed by atoms with van der Waals surface area (Å²) >= 11 is 1.32. The fraction of sp³-hybridized carbons (Fsp3) is 0.118. The Bertz CT molecular complexity index is 884. The molecule has 6 nitrogen and oxygen atoms in total. The van der Waals surface area contributed by atoms with Crippen LogP contribution in [0.1, 0.15) is 26.4 Å². The van der Waals surface area contributed by atoms with Crippen LogP contribution in [-0.4, -0.2) is 24.0 Å². The summed E-state index contributed by atoms with van der Waals surface area (Å²) in [6.45, 7) is 1.75. The second-order valence-electron chi connectivity index (χ2n) is 4.94. The van der Waals surface area contributed by atoms with Crippen LogP contribution in [0.5, 0.6) is 0 Å². The Morgan fingerprint density at radius 1 is 1.25 bits per heavy atom. The van der Waals surface area contributed by atoms with E-state index in [0.717, 1.165) is 0 Å². The summed E-state index contributed by atoms with van der Waals surface area (Å²) < 4.78 is 10.0. The summed E-state index contributed by atoms with van der Waals surface area (Å²) in [5, 5.41) is 5.06. The highest BCUT2D eigenvalue weighted by Crippen LogP contribution is 2.25. The summed E-state index contributed by atoms with van der Waals surface area (Å²) in [4.78, 5) is 28.4. The quantitative estimate of drug-likeness (QED) is 0.730. The normalized spacial score (nSPS) is 10.4. The number of hydrogen-bond donors (Lipinski definition) is 1. The van der Waals surface area contributed by atoms with E-state index < -0.39 is 5.97 Å². The number of carbonyl (C=O) groups is 2. The minimum Gasteiger partial charge on any atom is -0.465 e. The predicted octanol–water partition coefficient (Wildman–Crippen LogP) is 3.75. The number of thiazole rings is 1. The highest BCUT2D eigenvalue weighted by Gasteiger charge is 2.16. The number of rotatable bonds is 4. The number of carbonyl (C=O) groups excluding carboxylic acids is 2. The first-order valence-corrected chi connectivity index (χ1v) is 7.97. The van der Waals surface area contributed by atoms with E-state index in [1.54, 1.807) is 48.9 Å². The molecule has 24 heavy (non-hydrogen) atoms. The van der Waals surface area contributed by atoms with Gasteiger partial charge in [-0.15, -0.1) is 11.3 Å². The van der Waals surface area contributed by atoms with E-state index in [9.17, 15) is 9.59 Å². The topological polar surface area (TPSA) is 81.4 Å². The monoisotopic (exact) mass is 342 g/mol. The number of furan rings is 1. The van der Waals surface area contributed by atoms with Crippen molar-refractivity contribution < 1.29 is 18.7 Å². The summed E-state index contributed by atoms with van der Waals surface area (Å²) in [7, 11) is 1.32. The van der Waals surface area contributed by atoms with Crippen LogP contribution in [-0.2, 0) is 4.74 Å². The third-order valence-corrected chi connectivity index (χ3v) is 4.31. The van der Waals surface area contributed by atoms with Crippen molar-refractivity contribution >= 4 is 28.9 Å². The molecule has 3 rings (SSSR count). The summed E-state index contributed by atoms with van der Waals surface area (Å²) in [6, 6.07) is 8.60. The number of methoxy groups -OCH3 is 1. The van der Waals surface area contributed by atoms with Crippen LogP contribution in [0, 0.1) is 6.92 Å². The van der Waals surface area contributed by atoms with Gasteiger partial charge >= 0.3 is 5.97 Å². The zero-order chi connectivity index (χ0) is 17.1. The molecule has 1 amide bonds. The molecule has 0 fully saturated rings. The Kier molecular flexibility index (Phi) is 4.43. The molecule has 0 atom stereocenters. The highest BCUT2D eigenvalue weighted by molar-refractivity contribution is 7.13. The van der Waals surface area contributed by atoms with Crippen molar-refractivity contribution in [3.05, 3.63) is 58.8 Å². The molecular weight excluding hydrogens is 328 g/mol. The molecule has 0 radical (unpaired) electrons. The number of nitrogens with one attached hydrogen (secondary N) is 1. The molecule has 1 N–H and O–H groups in total. The number of benzene rings is 1. The smallest absolute Gasteiger partial charge is 0.338 e. The van der Waals surface area contributed by atoms with Gasteiger partial charge in [0.15, 0.2) is 10.8 Å². The maximum Gasteiger partial charge on any atom is 0.338 e. The molecule has 3 aromatic rings. The summed E-state index contributed by atoms with van der Waals surface area (Å²) in [5.41, 5.74) is 1.87. The average molecular weight is 342 g/mol. The van der Waals surface area contributed by atoms with E-state index >= 15 is 0 Å². The molecule has 0 unspecified atom stereocenters. The lowest BCUT2D eigenvalue weighted by atomic mass is 10.1. The van der Waals surface area contributed by atoms with E-state index in [0.29, 0.717) is 27.6 Å². The predicted molar refractivity (Wildman–Crippen MR) is 90.3 cm³/mol. The fourth-order valence-corrected chi connectivity index (χ4v) is 2.95. The molecule has 7 heteroatoms. The standard InChI is InChI=1S/C17H14N2O4S/c1-10-11(17(21)22-2)5-3-6-12(10)18-15(20)13-9-24-16(19-13)14-7-4-8-23-14/h3-9H,1-2H3,(H,18,20). The zero-order valence-corrected chi connectivity index (χ0v) is 13.8. The van der Waals surface area contributed by atoms with Crippen molar-refractivity contribution in [1.29, 1.82) is 0 Å². The number of anilines is 1. The number of ether oxygens (including phenoxy) is 1. The minimum absolute atomic E-state index is 0.286. The van der Waals surface area contributed by atoms with E-state index in [1.807, 2.05) is 0 Å². The fourth-order valence-electron chi connectivity index (χ4n) is 2.18. The first-order chi connectivity index (χ1) is 11.6. The number of esters is 1. The third-order valence-electron chi connectivity index (χ3n) is 3.46. The average Bonchev–Trinajstić information content (AvgIpc) is 3.27. The van der Waals surface area contributed by atoms with Crippen LogP contribution in [0.15, 0.2) is 46.4 Å². The van der Waals surface area contributed by atoms with Gasteiger partial charge < -0.3 is 14.5 Å². The molecule has 0 bridgehead atoms. The molecule has 0 saturated heterocycles. The van der Waals surface area contributed by atoms with Gasteiger partial charge in [-0.05, 0) is 36.8 Å². The zero-order valence-electron chi connectivity index (χ0n) is 13.0. The Morgan fingerprint density at radius 3 is 2.79 bits per heavy atom. The van der Waals surface area contributed by atoms with Crippen LogP contribution in [0.25, 0.3) is 10.8 Å². The van der Waals surface area contributed by atoms with Crippen molar-refractivity contribution in [2.75, 3.05) is 12.4 Å². The van der Waals surface area contributed by atoms with Crippen molar-refractivity contribution in [2.45, 2.75) is 6.92 Å². The first-order valence-electron chi connectivity index (χ1n) is 7.09. The molecule has 122 valence electrons. The molecule has 0 aliphatic carbocycles. The molecule has 2 heterocycles. The summed E-state index contributed by atoms with van der Waals surface area (Å²) in [6.07, 6.45) is 1.55. The molecule has 0 saturated carbocycles. The minimum atomic E-state index is -0.447. The first kappa shape index (κ1) is 15.9. The van der Waals surface area contributed by atoms with Gasteiger partial charge in [0.2, 0.25) is 0 Å². The van der Waals surface area contributed by atoms with E-state index in [4.69, 9.17) is 9.15 Å². The molecular formula is C17H14N2O4S. The Morgan fingerprint density at radius 2 is 2.08 bits per heavy atom. The lowest BCUT2D eigenvalue weighted by molar-refractivity contribution is 0.0599. The lowest BCUT2D eigenvalue weighted by Gasteiger charge is -2.10. The SMILES string of the molecule is COC(=O)c1cccc(NC(=O)c2csc(-c3ccco3)n2)c1C. The van der Waals surface area contributed by atoms with Crippen molar-refractivity contribution in [1.82, 2.24) is 4.98 Å². The van der Waals surface area contributed by atoms with Crippen molar-refractivity contribution in [2.24, 2.45) is 0 Å². The number of aromatic nitrogens is 1. The van der Waals surface area contributed by atoms with Gasteiger partial charge in [0.1, 0.15) is 5.69 Å². The second-order valence-corrected chi connectivity index (χ2v) is 5.80. The largest absolute Gasteiger partial charge is 0.465 e. The van der Waals surface area contributed by atoms with Crippen LogP contribution in [0.2, 0.25) is 0 Å². The maximum absolute atomic E-state index is 12.4. The molecule has 0 aliphatic heterocycles. The van der Waals surface area contributed by atoms with Crippen molar-refractivity contribution in [3.63, 3.8) is 0 Å². The van der Waals surface area contributed by atoms with Gasteiger partial charge in [0, 0.05) is 11.1 Å². The Hall–Kier alpha value is -2.93. The molecule has 2 aromatic heterocycles. The van der Waals surface area contributed by atoms with E-state index in [2.05, 4.69) is 10.3 Å². The van der Waals surface area contributed by atoms with Gasteiger partial charge in [-0.2, -0.15) is 0 Å². The number of amides is 1. The lowest BCUT2D eigenvalue weighted by Crippen LogP contribution is -2.14. The summed E-state index contributed by atoms with van der Waals surface area (Å²) in [5.74, 6) is -0.186. The van der Waals surface area contributed by atoms with E-state index in [1.165, 1.54) is 18.4 Å². The van der Waals surface area contributed by atoms with Gasteiger partial charge in [-0.3, -0.25) is 4.79 Å². The Balaban J connectivity index is 1.82.